The summed E-state index contributed by atoms with van der Waals surface area (Å²) in [6.45, 7) is 6.01. The van der Waals surface area contributed by atoms with Crippen molar-refractivity contribution < 1.29 is 9.53 Å². The number of nitrogens with one attached hydrogen (secondary N) is 2. The molecule has 2 aromatic rings. The molecule has 0 fully saturated rings. The molecule has 1 atom stereocenters. The number of nitrogens with zero attached hydrogens (tertiary/aromatic N) is 1. The molecule has 2 heterocycles. The minimum absolute atomic E-state index is 0.143. The first-order valence-corrected chi connectivity index (χ1v) is 9.01. The van der Waals surface area contributed by atoms with Crippen LogP contribution >= 0.6 is 11.8 Å². The number of rotatable bonds is 6. The van der Waals surface area contributed by atoms with Crippen molar-refractivity contribution in [1.82, 2.24) is 9.97 Å². The van der Waals surface area contributed by atoms with Crippen LogP contribution in [-0.2, 0) is 4.79 Å². The van der Waals surface area contributed by atoms with Gasteiger partial charge in [0.25, 0.3) is 5.56 Å². The van der Waals surface area contributed by atoms with Gasteiger partial charge in [0, 0.05) is 12.3 Å². The Labute approximate surface area is 149 Å². The van der Waals surface area contributed by atoms with Gasteiger partial charge in [-0.1, -0.05) is 43.5 Å². The van der Waals surface area contributed by atoms with Crippen molar-refractivity contribution >= 4 is 23.5 Å². The molecule has 0 bridgehead atoms. The number of aromatic nitrogens is 2. The highest BCUT2D eigenvalue weighted by molar-refractivity contribution is 7.99. The van der Waals surface area contributed by atoms with Crippen LogP contribution < -0.4 is 15.6 Å². The largest absolute Gasteiger partial charge is 0.490 e. The van der Waals surface area contributed by atoms with Crippen LogP contribution in [-0.4, -0.2) is 28.2 Å². The Balaban J connectivity index is 1.97. The third-order valence-corrected chi connectivity index (χ3v) is 4.62. The number of aromatic amines is 1. The van der Waals surface area contributed by atoms with E-state index in [0.29, 0.717) is 28.9 Å². The fourth-order valence-electron chi connectivity index (χ4n) is 2.79. The van der Waals surface area contributed by atoms with Crippen LogP contribution in [0.3, 0.4) is 0 Å². The summed E-state index contributed by atoms with van der Waals surface area (Å²) in [7, 11) is 0. The van der Waals surface area contributed by atoms with Gasteiger partial charge in [0.15, 0.2) is 5.16 Å². The molecule has 25 heavy (non-hydrogen) atoms. The summed E-state index contributed by atoms with van der Waals surface area (Å²) in [4.78, 5) is 31.8. The molecule has 3 rings (SSSR count). The predicted octanol–water partition coefficient (Wildman–Crippen LogP) is 2.92. The van der Waals surface area contributed by atoms with Crippen LogP contribution in [0.5, 0.6) is 5.75 Å². The Hall–Kier alpha value is -2.54. The second-order valence-electron chi connectivity index (χ2n) is 5.54. The summed E-state index contributed by atoms with van der Waals surface area (Å²) in [5.41, 5.74) is 1.17. The van der Waals surface area contributed by atoms with Gasteiger partial charge in [-0.25, -0.2) is 4.98 Å². The highest BCUT2D eigenvalue weighted by atomic mass is 32.2. The SMILES string of the molecule is C=CCOc1ccc([C@H]2CC(=O)Nc3nc(SCC)[nH]c(=O)c32)cc1. The average Bonchev–Trinajstić information content (AvgIpc) is 2.59. The van der Waals surface area contributed by atoms with E-state index in [1.807, 2.05) is 31.2 Å². The number of benzene rings is 1. The predicted molar refractivity (Wildman–Crippen MR) is 98.5 cm³/mol. The van der Waals surface area contributed by atoms with E-state index in [1.54, 1.807) is 6.08 Å². The molecule has 7 heteroatoms. The van der Waals surface area contributed by atoms with Crippen molar-refractivity contribution in [3.8, 4) is 5.75 Å². The third kappa shape index (κ3) is 3.76. The van der Waals surface area contributed by atoms with E-state index in [4.69, 9.17) is 4.74 Å². The lowest BCUT2D eigenvalue weighted by atomic mass is 9.87. The molecule has 1 aliphatic heterocycles. The van der Waals surface area contributed by atoms with Crippen LogP contribution in [0, 0.1) is 0 Å². The molecule has 1 aliphatic rings. The van der Waals surface area contributed by atoms with Crippen molar-refractivity contribution in [2.24, 2.45) is 0 Å². The molecule has 0 aliphatic carbocycles. The number of ether oxygens (including phenoxy) is 1. The van der Waals surface area contributed by atoms with E-state index in [9.17, 15) is 9.59 Å². The molecule has 1 aromatic heterocycles. The first-order chi connectivity index (χ1) is 12.1. The Bertz CT molecular complexity index is 846. The summed E-state index contributed by atoms with van der Waals surface area (Å²) >= 11 is 1.43. The van der Waals surface area contributed by atoms with Crippen molar-refractivity contribution in [2.75, 3.05) is 17.7 Å². The molecular weight excluding hydrogens is 338 g/mol. The van der Waals surface area contributed by atoms with E-state index in [-0.39, 0.29) is 23.8 Å². The molecular formula is C18H19N3O3S. The maximum atomic E-state index is 12.6. The number of carbonyl (C=O) groups excluding carboxylic acids is 1. The van der Waals surface area contributed by atoms with Crippen molar-refractivity contribution in [3.05, 3.63) is 58.4 Å². The van der Waals surface area contributed by atoms with Crippen LogP contribution in [0.25, 0.3) is 0 Å². The summed E-state index contributed by atoms with van der Waals surface area (Å²) in [5.74, 6) is 1.38. The summed E-state index contributed by atoms with van der Waals surface area (Å²) < 4.78 is 5.47. The first-order valence-electron chi connectivity index (χ1n) is 8.03. The fraction of sp³-hybridized carbons (Fsp3) is 0.278. The maximum absolute atomic E-state index is 12.6. The molecule has 0 unspecified atom stereocenters. The van der Waals surface area contributed by atoms with Crippen molar-refractivity contribution in [1.29, 1.82) is 0 Å². The lowest BCUT2D eigenvalue weighted by Crippen LogP contribution is -2.31. The Morgan fingerprint density at radius 1 is 1.36 bits per heavy atom. The lowest BCUT2D eigenvalue weighted by Gasteiger charge is -2.24. The topological polar surface area (TPSA) is 84.1 Å². The van der Waals surface area contributed by atoms with E-state index in [1.165, 1.54) is 11.8 Å². The van der Waals surface area contributed by atoms with Crippen molar-refractivity contribution in [2.45, 2.75) is 24.4 Å². The quantitative estimate of drug-likeness (QED) is 0.472. The third-order valence-electron chi connectivity index (χ3n) is 3.86. The van der Waals surface area contributed by atoms with Crippen LogP contribution in [0.1, 0.15) is 30.4 Å². The average molecular weight is 357 g/mol. The van der Waals surface area contributed by atoms with Gasteiger partial charge in [-0.3, -0.25) is 9.59 Å². The molecule has 1 aromatic carbocycles. The van der Waals surface area contributed by atoms with Gasteiger partial charge in [0.2, 0.25) is 5.91 Å². The van der Waals surface area contributed by atoms with E-state index in [0.717, 1.165) is 11.3 Å². The number of amides is 1. The molecule has 2 N–H and O–H groups in total. The van der Waals surface area contributed by atoms with Gasteiger partial charge in [-0.2, -0.15) is 0 Å². The molecule has 0 saturated heterocycles. The molecule has 0 spiro atoms. The smallest absolute Gasteiger partial charge is 0.257 e. The van der Waals surface area contributed by atoms with Crippen LogP contribution in [0.2, 0.25) is 0 Å². The van der Waals surface area contributed by atoms with Crippen LogP contribution in [0.4, 0.5) is 5.82 Å². The zero-order chi connectivity index (χ0) is 17.8. The number of carbonyl (C=O) groups is 1. The normalized spacial score (nSPS) is 16.0. The summed E-state index contributed by atoms with van der Waals surface area (Å²) in [5, 5.41) is 3.23. The number of hydrogen-bond donors (Lipinski definition) is 2. The Morgan fingerprint density at radius 2 is 2.12 bits per heavy atom. The van der Waals surface area contributed by atoms with Crippen LogP contribution in [0.15, 0.2) is 46.9 Å². The maximum Gasteiger partial charge on any atom is 0.257 e. The first kappa shape index (κ1) is 17.3. The number of anilines is 1. The van der Waals surface area contributed by atoms with Gasteiger partial charge in [-0.15, -0.1) is 0 Å². The van der Waals surface area contributed by atoms with Gasteiger partial charge in [-0.05, 0) is 23.4 Å². The summed E-state index contributed by atoms with van der Waals surface area (Å²) in [6.07, 6.45) is 1.89. The van der Waals surface area contributed by atoms with Crippen molar-refractivity contribution in [3.63, 3.8) is 0 Å². The molecule has 6 nitrogen and oxygen atoms in total. The molecule has 1 amide bonds. The number of H-pyrrole nitrogens is 1. The number of hydrogen-bond acceptors (Lipinski definition) is 5. The minimum atomic E-state index is -0.325. The Kier molecular flexibility index (Phi) is 5.23. The highest BCUT2D eigenvalue weighted by Crippen LogP contribution is 2.35. The summed E-state index contributed by atoms with van der Waals surface area (Å²) in [6, 6.07) is 7.40. The van der Waals surface area contributed by atoms with Gasteiger partial charge >= 0.3 is 0 Å². The van der Waals surface area contributed by atoms with E-state index < -0.39 is 0 Å². The second kappa shape index (κ2) is 7.57. The van der Waals surface area contributed by atoms with E-state index in [2.05, 4.69) is 21.9 Å². The number of fused-ring (bicyclic) bond motifs is 1. The Morgan fingerprint density at radius 3 is 2.80 bits per heavy atom. The van der Waals surface area contributed by atoms with E-state index >= 15 is 0 Å². The lowest BCUT2D eigenvalue weighted by molar-refractivity contribution is -0.116. The molecule has 0 saturated carbocycles. The van der Waals surface area contributed by atoms with Gasteiger partial charge < -0.3 is 15.0 Å². The van der Waals surface area contributed by atoms with Gasteiger partial charge in [0.1, 0.15) is 18.2 Å². The fourth-order valence-corrected chi connectivity index (χ4v) is 3.39. The van der Waals surface area contributed by atoms with Gasteiger partial charge in [0.05, 0.1) is 5.56 Å². The molecule has 0 radical (unpaired) electrons. The highest BCUT2D eigenvalue weighted by Gasteiger charge is 2.30. The zero-order valence-corrected chi connectivity index (χ0v) is 14.7. The standard InChI is InChI=1S/C18H19N3O3S/c1-3-9-24-12-7-5-11(6-8-12)13-10-14(22)19-16-15(13)17(23)21-18(20-16)25-4-2/h3,5-8,13H,1,4,9-10H2,2H3,(H2,19,20,21,22,23)/t13-/m1/s1. The number of thioether (sulfide) groups is 1. The zero-order valence-electron chi connectivity index (χ0n) is 13.9. The molecule has 130 valence electrons. The monoisotopic (exact) mass is 357 g/mol. The minimum Gasteiger partial charge on any atom is -0.490 e. The second-order valence-corrected chi connectivity index (χ2v) is 6.79.